The number of likely N-dealkylation sites (tertiary alicyclic amines) is 1. The number of aliphatic hydroxyl groups is 1. The van der Waals surface area contributed by atoms with Crippen LogP contribution in [0.4, 0.5) is 11.4 Å². The van der Waals surface area contributed by atoms with Gasteiger partial charge in [0.15, 0.2) is 0 Å². The van der Waals surface area contributed by atoms with Gasteiger partial charge < -0.3 is 25.0 Å². The Bertz CT molecular complexity index is 906. The number of hydrogen-bond acceptors (Lipinski definition) is 7. The van der Waals surface area contributed by atoms with E-state index in [0.29, 0.717) is 12.1 Å². The largest absolute Gasteiger partial charge is 0.466 e. The van der Waals surface area contributed by atoms with Gasteiger partial charge in [0.2, 0.25) is 11.8 Å². The molecule has 2 amide bonds. The van der Waals surface area contributed by atoms with E-state index in [1.807, 2.05) is 24.3 Å². The number of benzene rings is 1. The zero-order chi connectivity index (χ0) is 23.8. The number of fused-ring (bicyclic) bond motifs is 1. The summed E-state index contributed by atoms with van der Waals surface area (Å²) < 4.78 is 4.62. The van der Waals surface area contributed by atoms with E-state index in [1.165, 1.54) is 4.90 Å². The van der Waals surface area contributed by atoms with E-state index in [4.69, 9.17) is 4.74 Å². The number of nitrogens with zero attached hydrogens (tertiary/aromatic N) is 2. The molecule has 180 valence electrons. The Morgan fingerprint density at radius 3 is 2.55 bits per heavy atom. The van der Waals surface area contributed by atoms with Gasteiger partial charge in [-0.25, -0.2) is 0 Å². The first-order chi connectivity index (χ1) is 15.9. The average molecular weight is 476 g/mol. The molecular formula is C24H33N3O5S. The quantitative estimate of drug-likeness (QED) is 0.528. The monoisotopic (exact) mass is 475 g/mol. The molecule has 33 heavy (non-hydrogen) atoms. The van der Waals surface area contributed by atoms with Crippen molar-refractivity contribution in [3.05, 3.63) is 24.3 Å². The van der Waals surface area contributed by atoms with Crippen molar-refractivity contribution in [3.8, 4) is 0 Å². The Morgan fingerprint density at radius 1 is 1.24 bits per heavy atom. The Balaban J connectivity index is 1.60. The number of thioether (sulfide) groups is 1. The van der Waals surface area contributed by atoms with Crippen molar-refractivity contribution < 1.29 is 24.2 Å². The molecule has 3 aliphatic heterocycles. The molecule has 8 nitrogen and oxygen atoms in total. The summed E-state index contributed by atoms with van der Waals surface area (Å²) in [6.07, 6.45) is 1.46. The Kier molecular flexibility index (Phi) is 6.91. The van der Waals surface area contributed by atoms with Crippen molar-refractivity contribution in [1.29, 1.82) is 0 Å². The van der Waals surface area contributed by atoms with Crippen LogP contribution in [0.3, 0.4) is 0 Å². The molecule has 3 fully saturated rings. The topological polar surface area (TPSA) is 99.2 Å². The second-order valence-electron chi connectivity index (χ2n) is 8.77. The summed E-state index contributed by atoms with van der Waals surface area (Å²) in [5.74, 6) is -1.98. The van der Waals surface area contributed by atoms with Gasteiger partial charge in [0.25, 0.3) is 0 Å². The number of amides is 2. The number of esters is 1. The fraction of sp³-hybridized carbons (Fsp3) is 0.625. The highest BCUT2D eigenvalue weighted by atomic mass is 32.2. The lowest BCUT2D eigenvalue weighted by atomic mass is 9.71. The number of carbonyl (C=O) groups excluding carboxylic acids is 3. The minimum atomic E-state index is -0.737. The summed E-state index contributed by atoms with van der Waals surface area (Å²) in [6, 6.07) is 6.95. The predicted octanol–water partition coefficient (Wildman–Crippen LogP) is 2.12. The van der Waals surface area contributed by atoms with E-state index in [0.717, 1.165) is 25.2 Å². The van der Waals surface area contributed by atoms with Crippen molar-refractivity contribution in [2.24, 2.45) is 11.8 Å². The zero-order valence-corrected chi connectivity index (χ0v) is 20.3. The van der Waals surface area contributed by atoms with Crippen LogP contribution in [0.15, 0.2) is 24.3 Å². The lowest BCUT2D eigenvalue weighted by Gasteiger charge is -2.34. The lowest BCUT2D eigenvalue weighted by molar-refractivity contribution is -0.153. The number of aliphatic hydroxyl groups excluding tert-OH is 1. The van der Waals surface area contributed by atoms with Crippen molar-refractivity contribution in [3.63, 3.8) is 0 Å². The van der Waals surface area contributed by atoms with Crippen LogP contribution in [-0.2, 0) is 19.1 Å². The number of anilines is 2. The highest BCUT2D eigenvalue weighted by molar-refractivity contribution is 8.02. The lowest BCUT2D eigenvalue weighted by Crippen LogP contribution is -2.51. The van der Waals surface area contributed by atoms with Crippen molar-refractivity contribution in [2.45, 2.75) is 49.7 Å². The summed E-state index contributed by atoms with van der Waals surface area (Å²) in [5, 5.41) is 12.6. The van der Waals surface area contributed by atoms with Crippen LogP contribution >= 0.6 is 11.8 Å². The zero-order valence-electron chi connectivity index (χ0n) is 19.5. The van der Waals surface area contributed by atoms with Crippen molar-refractivity contribution in [1.82, 2.24) is 4.90 Å². The molecule has 3 heterocycles. The average Bonchev–Trinajstić information content (AvgIpc) is 3.44. The van der Waals surface area contributed by atoms with Crippen LogP contribution in [0.5, 0.6) is 0 Å². The van der Waals surface area contributed by atoms with Crippen LogP contribution in [0, 0.1) is 11.8 Å². The second-order valence-corrected chi connectivity index (χ2v) is 10.4. The first kappa shape index (κ1) is 23.9. The summed E-state index contributed by atoms with van der Waals surface area (Å²) in [6.45, 7) is 7.82. The standard InChI is InChI=1S/C24H33N3O5S/c1-4-26(5-2)16-9-7-15(8-10-16)25-21(29)20-24-12-11-17(33-24)18(23(31)32-6-3)19(24)22(30)27(20)13-14-28/h7-10,17-20,28H,4-6,11-14H2,1-3H3,(H,25,29)/t17-,18+,19+,20?,24?/m1/s1. The Morgan fingerprint density at radius 2 is 1.94 bits per heavy atom. The van der Waals surface area contributed by atoms with Crippen LogP contribution in [0.2, 0.25) is 0 Å². The highest BCUT2D eigenvalue weighted by Crippen LogP contribution is 2.66. The van der Waals surface area contributed by atoms with Gasteiger partial charge >= 0.3 is 5.97 Å². The van der Waals surface area contributed by atoms with Crippen LogP contribution in [0.1, 0.15) is 33.6 Å². The Labute approximate surface area is 199 Å². The van der Waals surface area contributed by atoms with Gasteiger partial charge in [-0.05, 0) is 57.9 Å². The smallest absolute Gasteiger partial charge is 0.310 e. The van der Waals surface area contributed by atoms with Gasteiger partial charge in [0, 0.05) is 36.3 Å². The summed E-state index contributed by atoms with van der Waals surface area (Å²) in [5.41, 5.74) is 1.74. The van der Waals surface area contributed by atoms with E-state index < -0.39 is 22.6 Å². The third kappa shape index (κ3) is 3.89. The predicted molar refractivity (Wildman–Crippen MR) is 128 cm³/mol. The normalized spacial score (nSPS) is 29.8. The molecule has 3 saturated heterocycles. The van der Waals surface area contributed by atoms with Gasteiger partial charge in [-0.3, -0.25) is 14.4 Å². The minimum Gasteiger partial charge on any atom is -0.466 e. The van der Waals surface area contributed by atoms with Gasteiger partial charge in [-0.2, -0.15) is 0 Å². The highest BCUT2D eigenvalue weighted by Gasteiger charge is 2.73. The molecule has 4 rings (SSSR count). The molecule has 0 aromatic heterocycles. The molecule has 0 aliphatic carbocycles. The van der Waals surface area contributed by atoms with Gasteiger partial charge in [0.1, 0.15) is 6.04 Å². The van der Waals surface area contributed by atoms with Gasteiger partial charge in [-0.15, -0.1) is 11.8 Å². The number of rotatable bonds is 9. The molecule has 9 heteroatoms. The molecule has 2 unspecified atom stereocenters. The van der Waals surface area contributed by atoms with Crippen molar-refractivity contribution >= 4 is 40.9 Å². The maximum Gasteiger partial charge on any atom is 0.310 e. The molecular weight excluding hydrogens is 442 g/mol. The summed E-state index contributed by atoms with van der Waals surface area (Å²) in [4.78, 5) is 43.4. The fourth-order valence-electron chi connectivity index (χ4n) is 5.86. The maximum atomic E-state index is 13.6. The van der Waals surface area contributed by atoms with Crippen LogP contribution < -0.4 is 10.2 Å². The SMILES string of the molecule is CCOC(=O)[C@@H]1[C@H]2C(=O)N(CCO)C(C(=O)Nc3ccc(N(CC)CC)cc3)C23CC[C@H]1S3. The molecule has 1 aromatic rings. The molecule has 2 bridgehead atoms. The van der Waals surface area contributed by atoms with Crippen LogP contribution in [0.25, 0.3) is 0 Å². The van der Waals surface area contributed by atoms with Crippen LogP contribution in [-0.4, -0.2) is 76.7 Å². The number of nitrogens with one attached hydrogen (secondary N) is 1. The number of β-amino-alcohol motifs (C(OH)–C–C–N with tert-alkyl or cyclic N) is 1. The third-order valence-electron chi connectivity index (χ3n) is 7.21. The molecule has 1 spiro atoms. The summed E-state index contributed by atoms with van der Waals surface area (Å²) in [7, 11) is 0. The molecule has 2 N–H and O–H groups in total. The minimum absolute atomic E-state index is 0.0158. The van der Waals surface area contributed by atoms with Crippen molar-refractivity contribution in [2.75, 3.05) is 43.1 Å². The second kappa shape index (κ2) is 9.54. The van der Waals surface area contributed by atoms with E-state index in [1.54, 1.807) is 18.7 Å². The molecule has 3 aliphatic rings. The molecule has 5 atom stereocenters. The number of hydrogen-bond donors (Lipinski definition) is 2. The molecule has 0 radical (unpaired) electrons. The van der Waals surface area contributed by atoms with E-state index >= 15 is 0 Å². The first-order valence-electron chi connectivity index (χ1n) is 11.8. The van der Waals surface area contributed by atoms with Gasteiger partial charge in [-0.1, -0.05) is 0 Å². The Hall–Kier alpha value is -2.26. The number of carbonyl (C=O) groups is 3. The molecule has 1 aromatic carbocycles. The van der Waals surface area contributed by atoms with E-state index in [9.17, 15) is 19.5 Å². The van der Waals surface area contributed by atoms with E-state index in [2.05, 4.69) is 24.1 Å². The first-order valence-corrected chi connectivity index (χ1v) is 12.7. The summed E-state index contributed by atoms with van der Waals surface area (Å²) >= 11 is 1.59. The van der Waals surface area contributed by atoms with Gasteiger partial charge in [0.05, 0.1) is 29.8 Å². The fourth-order valence-corrected chi connectivity index (χ4v) is 8.07. The number of ether oxygens (including phenoxy) is 1. The molecule has 0 saturated carbocycles. The third-order valence-corrected chi connectivity index (χ3v) is 9.16. The van der Waals surface area contributed by atoms with E-state index in [-0.39, 0.29) is 42.8 Å². The maximum absolute atomic E-state index is 13.6.